The average Bonchev–Trinajstić information content (AvgIpc) is 2.48. The third-order valence-corrected chi connectivity index (χ3v) is 5.17. The number of carbonyl (C=O) groups excluding carboxylic acids is 1. The minimum atomic E-state index is -2.26. The van der Waals surface area contributed by atoms with E-state index in [9.17, 15) is 18.4 Å². The van der Waals surface area contributed by atoms with Crippen molar-refractivity contribution < 1.29 is 23.5 Å². The van der Waals surface area contributed by atoms with Crippen LogP contribution in [0.15, 0.2) is 0 Å². The number of likely N-dealkylation sites (N-methyl/N-ethyl adjacent to an activating group) is 1. The monoisotopic (exact) mass is 347 g/mol. The molecular formula is C16H27F2N3O3. The second kappa shape index (κ2) is 8.60. The van der Waals surface area contributed by atoms with E-state index in [0.29, 0.717) is 32.2 Å². The van der Waals surface area contributed by atoms with E-state index in [0.717, 1.165) is 12.8 Å². The van der Waals surface area contributed by atoms with Gasteiger partial charge >= 0.3 is 12.0 Å². The Hall–Kier alpha value is -1.44. The molecule has 2 aliphatic rings. The Labute approximate surface area is 141 Å². The zero-order valence-corrected chi connectivity index (χ0v) is 14.0. The highest BCUT2D eigenvalue weighted by Crippen LogP contribution is 2.29. The summed E-state index contributed by atoms with van der Waals surface area (Å²) in [4.78, 5) is 24.7. The summed E-state index contributed by atoms with van der Waals surface area (Å²) in [5.41, 5.74) is 0. The second-order valence-electron chi connectivity index (χ2n) is 6.84. The molecule has 2 saturated carbocycles. The number of urea groups is 1. The van der Waals surface area contributed by atoms with E-state index >= 15 is 0 Å². The molecule has 2 fully saturated rings. The smallest absolute Gasteiger partial charge is 0.317 e. The molecule has 138 valence electrons. The maximum atomic E-state index is 12.6. The summed E-state index contributed by atoms with van der Waals surface area (Å²) in [6.07, 6.45) is 1.32. The number of alkyl halides is 2. The van der Waals surface area contributed by atoms with Gasteiger partial charge in [0.15, 0.2) is 0 Å². The van der Waals surface area contributed by atoms with Gasteiger partial charge in [-0.2, -0.15) is 0 Å². The number of nitrogens with zero attached hydrogens (tertiary/aromatic N) is 1. The molecule has 2 rings (SSSR count). The highest BCUT2D eigenvalue weighted by molar-refractivity contribution is 5.74. The molecule has 0 aromatic carbocycles. The van der Waals surface area contributed by atoms with Crippen LogP contribution in [0.4, 0.5) is 13.6 Å². The fourth-order valence-electron chi connectivity index (χ4n) is 3.60. The lowest BCUT2D eigenvalue weighted by atomic mass is 9.85. The van der Waals surface area contributed by atoms with Crippen LogP contribution < -0.4 is 10.6 Å². The van der Waals surface area contributed by atoms with Gasteiger partial charge in [0.25, 0.3) is 0 Å². The number of carbonyl (C=O) groups is 2. The zero-order chi connectivity index (χ0) is 17.7. The van der Waals surface area contributed by atoms with Gasteiger partial charge in [-0.15, -0.1) is 0 Å². The van der Waals surface area contributed by atoms with Gasteiger partial charge in [-0.3, -0.25) is 9.69 Å². The normalized spacial score (nSPS) is 30.0. The van der Waals surface area contributed by atoms with Gasteiger partial charge in [0.1, 0.15) is 0 Å². The van der Waals surface area contributed by atoms with Crippen LogP contribution >= 0.6 is 0 Å². The van der Waals surface area contributed by atoms with Gasteiger partial charge in [0.05, 0.1) is 6.54 Å². The van der Waals surface area contributed by atoms with Crippen molar-refractivity contribution in [3.63, 3.8) is 0 Å². The van der Waals surface area contributed by atoms with E-state index in [2.05, 4.69) is 10.6 Å². The number of carboxylic acids is 1. The molecule has 0 spiro atoms. The Balaban J connectivity index is 1.64. The molecule has 0 radical (unpaired) electrons. The standard InChI is InChI=1S/C16H27F2N3O3/c1-2-21(9-14(22)23)13-7-12(8-13)20-16(24)19-11-5-3-10(4-6-11)15(17)18/h10-13,15H,2-9H2,1H3,(H,22,23)(H2,19,20,24). The van der Waals surface area contributed by atoms with Gasteiger partial charge in [0.2, 0.25) is 6.43 Å². The van der Waals surface area contributed by atoms with E-state index in [1.165, 1.54) is 0 Å². The number of carboxylic acid groups (broad SMARTS) is 1. The van der Waals surface area contributed by atoms with Crippen molar-refractivity contribution in [2.75, 3.05) is 13.1 Å². The SMILES string of the molecule is CCN(CC(=O)O)C1CC(NC(=O)NC2CCC(C(F)F)CC2)C1. The zero-order valence-electron chi connectivity index (χ0n) is 14.0. The predicted molar refractivity (Wildman–Crippen MR) is 85.1 cm³/mol. The maximum Gasteiger partial charge on any atom is 0.317 e. The highest BCUT2D eigenvalue weighted by Gasteiger charge is 2.35. The summed E-state index contributed by atoms with van der Waals surface area (Å²) in [5, 5.41) is 14.6. The fraction of sp³-hybridized carbons (Fsp3) is 0.875. The Morgan fingerprint density at radius 2 is 1.71 bits per heavy atom. The van der Waals surface area contributed by atoms with Crippen LogP contribution in [-0.4, -0.2) is 59.6 Å². The maximum absolute atomic E-state index is 12.6. The Morgan fingerprint density at radius 3 is 2.21 bits per heavy atom. The summed E-state index contributed by atoms with van der Waals surface area (Å²) < 4.78 is 25.2. The summed E-state index contributed by atoms with van der Waals surface area (Å²) in [5.74, 6) is -1.38. The van der Waals surface area contributed by atoms with E-state index in [4.69, 9.17) is 5.11 Å². The Bertz CT molecular complexity index is 436. The molecule has 24 heavy (non-hydrogen) atoms. The van der Waals surface area contributed by atoms with E-state index < -0.39 is 18.3 Å². The number of hydrogen-bond donors (Lipinski definition) is 3. The van der Waals surface area contributed by atoms with Gasteiger partial charge < -0.3 is 15.7 Å². The first kappa shape index (κ1) is 18.9. The van der Waals surface area contributed by atoms with Gasteiger partial charge in [-0.1, -0.05) is 6.92 Å². The topological polar surface area (TPSA) is 81.7 Å². The molecule has 6 nitrogen and oxygen atoms in total. The highest BCUT2D eigenvalue weighted by atomic mass is 19.3. The van der Waals surface area contributed by atoms with Crippen LogP contribution in [0.5, 0.6) is 0 Å². The molecule has 0 heterocycles. The molecule has 0 aliphatic heterocycles. The van der Waals surface area contributed by atoms with Gasteiger partial charge in [0, 0.05) is 24.0 Å². The van der Waals surface area contributed by atoms with Crippen molar-refractivity contribution in [1.82, 2.24) is 15.5 Å². The summed E-state index contributed by atoms with van der Waals surface area (Å²) in [6, 6.07) is -0.0385. The molecule has 8 heteroatoms. The van der Waals surface area contributed by atoms with Crippen molar-refractivity contribution in [1.29, 1.82) is 0 Å². The third-order valence-electron chi connectivity index (χ3n) is 5.17. The molecule has 0 aromatic heterocycles. The van der Waals surface area contributed by atoms with Crippen LogP contribution in [0.3, 0.4) is 0 Å². The molecule has 3 N–H and O–H groups in total. The average molecular weight is 347 g/mol. The second-order valence-corrected chi connectivity index (χ2v) is 6.84. The Kier molecular flexibility index (Phi) is 6.77. The minimum Gasteiger partial charge on any atom is -0.480 e. The molecule has 0 unspecified atom stereocenters. The molecule has 0 atom stereocenters. The quantitative estimate of drug-likeness (QED) is 0.658. The van der Waals surface area contributed by atoms with Gasteiger partial charge in [-0.05, 0) is 45.1 Å². The van der Waals surface area contributed by atoms with Crippen LogP contribution in [0.25, 0.3) is 0 Å². The summed E-state index contributed by atoms with van der Waals surface area (Å²) >= 11 is 0. The van der Waals surface area contributed by atoms with Crippen molar-refractivity contribution in [3.8, 4) is 0 Å². The van der Waals surface area contributed by atoms with Crippen molar-refractivity contribution >= 4 is 12.0 Å². The Morgan fingerprint density at radius 1 is 1.12 bits per heavy atom. The van der Waals surface area contributed by atoms with Crippen LogP contribution in [0, 0.1) is 5.92 Å². The lowest BCUT2D eigenvalue weighted by molar-refractivity contribution is -0.139. The third kappa shape index (κ3) is 5.29. The first-order chi connectivity index (χ1) is 11.4. The molecule has 0 saturated heterocycles. The van der Waals surface area contributed by atoms with Crippen LogP contribution in [-0.2, 0) is 4.79 Å². The van der Waals surface area contributed by atoms with Crippen molar-refractivity contribution in [2.45, 2.75) is 70.0 Å². The van der Waals surface area contributed by atoms with Crippen LogP contribution in [0.2, 0.25) is 0 Å². The van der Waals surface area contributed by atoms with E-state index in [1.54, 1.807) is 0 Å². The van der Waals surface area contributed by atoms with Gasteiger partial charge in [-0.25, -0.2) is 13.6 Å². The largest absolute Gasteiger partial charge is 0.480 e. The van der Waals surface area contributed by atoms with Crippen molar-refractivity contribution in [3.05, 3.63) is 0 Å². The number of aliphatic carboxylic acids is 1. The number of amides is 2. The molecule has 0 aromatic rings. The summed E-state index contributed by atoms with van der Waals surface area (Å²) in [6.45, 7) is 2.61. The summed E-state index contributed by atoms with van der Waals surface area (Å²) in [7, 11) is 0. The van der Waals surface area contributed by atoms with Crippen molar-refractivity contribution in [2.24, 2.45) is 5.92 Å². The first-order valence-corrected chi connectivity index (χ1v) is 8.70. The molecular weight excluding hydrogens is 320 g/mol. The molecule has 2 aliphatic carbocycles. The molecule has 2 amide bonds. The molecule has 0 bridgehead atoms. The number of halogens is 2. The predicted octanol–water partition coefficient (Wildman–Crippen LogP) is 2.05. The first-order valence-electron chi connectivity index (χ1n) is 8.70. The fourth-order valence-corrected chi connectivity index (χ4v) is 3.60. The number of hydrogen-bond acceptors (Lipinski definition) is 3. The number of nitrogens with one attached hydrogen (secondary N) is 2. The lowest BCUT2D eigenvalue weighted by Gasteiger charge is -2.42. The van der Waals surface area contributed by atoms with E-state index in [-0.39, 0.29) is 30.7 Å². The van der Waals surface area contributed by atoms with Crippen LogP contribution in [0.1, 0.15) is 45.4 Å². The minimum absolute atomic E-state index is 0.0213. The number of rotatable bonds is 7. The lowest BCUT2D eigenvalue weighted by Crippen LogP contribution is -2.57. The van der Waals surface area contributed by atoms with E-state index in [1.807, 2.05) is 11.8 Å².